The number of hydrogen-bond acceptors (Lipinski definition) is 4. The minimum atomic E-state index is -2.82. The van der Waals surface area contributed by atoms with Crippen LogP contribution < -0.4 is 0 Å². The van der Waals surface area contributed by atoms with Crippen LogP contribution in [-0.2, 0) is 9.84 Å². The molecule has 0 saturated carbocycles. The van der Waals surface area contributed by atoms with E-state index in [-0.39, 0.29) is 11.7 Å². The van der Waals surface area contributed by atoms with E-state index in [1.807, 2.05) is 44.0 Å². The highest BCUT2D eigenvalue weighted by molar-refractivity contribution is 7.91. The molecular weight excluding hydrogens is 286 g/mol. The number of aliphatic hydroxyl groups excluding tert-OH is 1. The molecule has 1 heterocycles. The monoisotopic (exact) mass is 311 g/mol. The molecule has 2 rings (SSSR count). The van der Waals surface area contributed by atoms with Crippen LogP contribution in [0.15, 0.2) is 18.2 Å². The predicted molar refractivity (Wildman–Crippen MR) is 85.1 cm³/mol. The molecule has 0 aromatic heterocycles. The van der Waals surface area contributed by atoms with E-state index in [4.69, 9.17) is 0 Å². The largest absolute Gasteiger partial charge is 0.387 e. The van der Waals surface area contributed by atoms with Gasteiger partial charge in [-0.2, -0.15) is 0 Å². The minimum absolute atomic E-state index is 0.200. The Morgan fingerprint density at radius 1 is 1.38 bits per heavy atom. The van der Waals surface area contributed by atoms with E-state index in [9.17, 15) is 13.5 Å². The van der Waals surface area contributed by atoms with E-state index < -0.39 is 15.9 Å². The fourth-order valence-electron chi connectivity index (χ4n) is 3.04. The van der Waals surface area contributed by atoms with Gasteiger partial charge in [0.25, 0.3) is 0 Å². The lowest BCUT2D eigenvalue weighted by atomic mass is 10.00. The van der Waals surface area contributed by atoms with E-state index >= 15 is 0 Å². The molecule has 0 bridgehead atoms. The molecule has 1 aliphatic rings. The van der Waals surface area contributed by atoms with Crippen molar-refractivity contribution in [1.29, 1.82) is 0 Å². The third-order valence-corrected chi connectivity index (χ3v) is 6.01. The number of aryl methyl sites for hydroxylation is 2. The van der Waals surface area contributed by atoms with Crippen LogP contribution in [0.25, 0.3) is 0 Å². The Hall–Kier alpha value is -0.910. The van der Waals surface area contributed by atoms with Crippen LogP contribution in [-0.4, -0.2) is 50.1 Å². The zero-order chi connectivity index (χ0) is 15.6. The molecule has 1 aliphatic heterocycles. The zero-order valence-corrected chi connectivity index (χ0v) is 13.9. The number of benzene rings is 1. The molecule has 0 radical (unpaired) electrons. The van der Waals surface area contributed by atoms with E-state index in [1.165, 1.54) is 0 Å². The SMILES string of the molecule is Cc1ccc(C)c([C@H](O)CN(C)C[C@H]2CCS(=O)(=O)C2)c1. The van der Waals surface area contributed by atoms with Gasteiger partial charge in [-0.1, -0.05) is 23.8 Å². The third-order valence-electron chi connectivity index (χ3n) is 4.17. The maximum atomic E-state index is 11.5. The lowest BCUT2D eigenvalue weighted by Crippen LogP contribution is -2.30. The van der Waals surface area contributed by atoms with Gasteiger partial charge >= 0.3 is 0 Å². The molecule has 1 aromatic rings. The molecule has 0 aliphatic carbocycles. The average Bonchev–Trinajstić information content (AvgIpc) is 2.71. The molecule has 0 spiro atoms. The van der Waals surface area contributed by atoms with E-state index in [2.05, 4.69) is 0 Å². The molecule has 2 atom stereocenters. The molecule has 5 heteroatoms. The van der Waals surface area contributed by atoms with Crippen LogP contribution >= 0.6 is 0 Å². The van der Waals surface area contributed by atoms with E-state index in [1.54, 1.807) is 0 Å². The van der Waals surface area contributed by atoms with Crippen molar-refractivity contribution in [2.24, 2.45) is 5.92 Å². The molecule has 4 nitrogen and oxygen atoms in total. The number of aliphatic hydroxyl groups is 1. The van der Waals surface area contributed by atoms with Gasteiger partial charge in [-0.15, -0.1) is 0 Å². The summed E-state index contributed by atoms with van der Waals surface area (Å²) in [5.74, 6) is 0.799. The topological polar surface area (TPSA) is 57.6 Å². The maximum Gasteiger partial charge on any atom is 0.150 e. The second kappa shape index (κ2) is 6.46. The summed E-state index contributed by atoms with van der Waals surface area (Å²) in [4.78, 5) is 2.04. The highest BCUT2D eigenvalue weighted by atomic mass is 32.2. The second-order valence-corrected chi connectivity index (χ2v) is 8.59. The Bertz CT molecular complexity index is 598. The highest BCUT2D eigenvalue weighted by Crippen LogP contribution is 2.22. The summed E-state index contributed by atoms with van der Waals surface area (Å²) in [6.07, 6.45) is 0.208. The molecule has 1 saturated heterocycles. The molecule has 1 N–H and O–H groups in total. The van der Waals surface area contributed by atoms with Gasteiger partial charge in [-0.25, -0.2) is 8.42 Å². The fourth-order valence-corrected chi connectivity index (χ4v) is 4.89. The minimum Gasteiger partial charge on any atom is -0.387 e. The molecular formula is C16H25NO3S. The van der Waals surface area contributed by atoms with Gasteiger partial charge in [0, 0.05) is 13.1 Å². The Morgan fingerprint density at radius 2 is 2.10 bits per heavy atom. The number of likely N-dealkylation sites (N-methyl/N-ethyl adjacent to an activating group) is 1. The summed E-state index contributed by atoms with van der Waals surface area (Å²) in [6.45, 7) is 5.27. The van der Waals surface area contributed by atoms with Crippen molar-refractivity contribution < 1.29 is 13.5 Å². The van der Waals surface area contributed by atoms with Gasteiger partial charge in [-0.3, -0.25) is 0 Å². The normalized spacial score (nSPS) is 22.6. The van der Waals surface area contributed by atoms with Crippen LogP contribution in [0.2, 0.25) is 0 Å². The lowest BCUT2D eigenvalue weighted by Gasteiger charge is -2.24. The van der Waals surface area contributed by atoms with Crippen molar-refractivity contribution in [2.75, 3.05) is 31.6 Å². The van der Waals surface area contributed by atoms with Gasteiger partial charge in [-0.05, 0) is 44.4 Å². The van der Waals surface area contributed by atoms with Crippen LogP contribution in [0.3, 0.4) is 0 Å². The van der Waals surface area contributed by atoms with Crippen LogP contribution in [0.1, 0.15) is 29.2 Å². The first-order chi connectivity index (χ1) is 9.77. The first kappa shape index (κ1) is 16.5. The van der Waals surface area contributed by atoms with Gasteiger partial charge in [0.2, 0.25) is 0 Å². The molecule has 21 heavy (non-hydrogen) atoms. The fraction of sp³-hybridized carbons (Fsp3) is 0.625. The number of nitrogens with zero attached hydrogens (tertiary/aromatic N) is 1. The van der Waals surface area contributed by atoms with Crippen LogP contribution in [0, 0.1) is 19.8 Å². The number of hydrogen-bond donors (Lipinski definition) is 1. The Kier molecular flexibility index (Phi) is 5.07. The standard InChI is InChI=1S/C16H25NO3S/c1-12-4-5-13(2)15(8-12)16(18)10-17(3)9-14-6-7-21(19,20)11-14/h4-5,8,14,16,18H,6-7,9-11H2,1-3H3/t14-,16-/m1/s1. The molecule has 118 valence electrons. The van der Waals surface area contributed by atoms with Crippen molar-refractivity contribution in [3.8, 4) is 0 Å². The third kappa shape index (κ3) is 4.53. The average molecular weight is 311 g/mol. The zero-order valence-electron chi connectivity index (χ0n) is 13.0. The number of rotatable bonds is 5. The van der Waals surface area contributed by atoms with Crippen molar-refractivity contribution in [1.82, 2.24) is 4.90 Å². The summed E-state index contributed by atoms with van der Waals surface area (Å²) in [6, 6.07) is 6.09. The molecule has 1 fully saturated rings. The Balaban J connectivity index is 1.93. The quantitative estimate of drug-likeness (QED) is 0.899. The summed E-state index contributed by atoms with van der Waals surface area (Å²) < 4.78 is 23.0. The van der Waals surface area contributed by atoms with Crippen molar-refractivity contribution in [3.05, 3.63) is 34.9 Å². The van der Waals surface area contributed by atoms with Gasteiger partial charge in [0.05, 0.1) is 17.6 Å². The Morgan fingerprint density at radius 3 is 2.71 bits per heavy atom. The van der Waals surface area contributed by atoms with E-state index in [0.717, 1.165) is 29.7 Å². The first-order valence-electron chi connectivity index (χ1n) is 7.41. The Labute approximate surface area is 127 Å². The van der Waals surface area contributed by atoms with Gasteiger partial charge in [0.15, 0.2) is 9.84 Å². The smallest absolute Gasteiger partial charge is 0.150 e. The van der Waals surface area contributed by atoms with Crippen molar-refractivity contribution in [2.45, 2.75) is 26.4 Å². The highest BCUT2D eigenvalue weighted by Gasteiger charge is 2.28. The molecule has 0 unspecified atom stereocenters. The summed E-state index contributed by atoms with van der Waals surface area (Å²) in [5, 5.41) is 10.4. The summed E-state index contributed by atoms with van der Waals surface area (Å²) in [7, 11) is -0.879. The van der Waals surface area contributed by atoms with Crippen molar-refractivity contribution in [3.63, 3.8) is 0 Å². The summed E-state index contributed by atoms with van der Waals surface area (Å²) >= 11 is 0. The van der Waals surface area contributed by atoms with Crippen LogP contribution in [0.5, 0.6) is 0 Å². The predicted octanol–water partition coefficient (Wildman–Crippen LogP) is 1.70. The van der Waals surface area contributed by atoms with Gasteiger partial charge < -0.3 is 10.0 Å². The van der Waals surface area contributed by atoms with Crippen molar-refractivity contribution >= 4 is 9.84 Å². The number of sulfone groups is 1. The summed E-state index contributed by atoms with van der Waals surface area (Å²) in [5.41, 5.74) is 3.19. The molecule has 0 amide bonds. The molecule has 1 aromatic carbocycles. The second-order valence-electron chi connectivity index (χ2n) is 6.37. The van der Waals surface area contributed by atoms with E-state index in [0.29, 0.717) is 12.3 Å². The lowest BCUT2D eigenvalue weighted by molar-refractivity contribution is 0.119. The van der Waals surface area contributed by atoms with Gasteiger partial charge in [0.1, 0.15) is 0 Å². The maximum absolute atomic E-state index is 11.5. The van der Waals surface area contributed by atoms with Crippen LogP contribution in [0.4, 0.5) is 0 Å². The first-order valence-corrected chi connectivity index (χ1v) is 9.23.